The number of ether oxygens (including phenoxy) is 3. The highest BCUT2D eigenvalue weighted by atomic mass is 32.2. The number of rotatable bonds is 6. The maximum atomic E-state index is 11.6. The van der Waals surface area contributed by atoms with Crippen LogP contribution in [0.15, 0.2) is 54.6 Å². The molecular formula is C16H14N2O6S. The highest BCUT2D eigenvalue weighted by molar-refractivity contribution is 7.92. The molecule has 0 atom stereocenters. The second kappa shape index (κ2) is 6.73. The number of fused-ring (bicyclic) bond motifs is 1. The predicted octanol–water partition coefficient (Wildman–Crippen LogP) is 2.17. The summed E-state index contributed by atoms with van der Waals surface area (Å²) in [5.41, 5.74) is 0.189. The summed E-state index contributed by atoms with van der Waals surface area (Å²) in [5, 5.41) is 2.33. The van der Waals surface area contributed by atoms with Crippen LogP contribution >= 0.6 is 0 Å². The molecule has 0 unspecified atom stereocenters. The van der Waals surface area contributed by atoms with Crippen LogP contribution in [-0.2, 0) is 14.8 Å². The fourth-order valence-corrected chi connectivity index (χ4v) is 2.63. The maximum absolute atomic E-state index is 11.6. The van der Waals surface area contributed by atoms with Crippen LogP contribution in [0.4, 0.5) is 5.69 Å². The van der Waals surface area contributed by atoms with Gasteiger partial charge in [0.2, 0.25) is 22.3 Å². The highest BCUT2D eigenvalue weighted by Gasteiger charge is 2.20. The molecule has 1 aliphatic rings. The van der Waals surface area contributed by atoms with Gasteiger partial charge in [-0.3, -0.25) is 14.8 Å². The molecule has 1 aliphatic heterocycles. The zero-order valence-electron chi connectivity index (χ0n) is 13.1. The van der Waals surface area contributed by atoms with Crippen molar-refractivity contribution < 1.29 is 27.4 Å². The molecule has 2 N–H and O–H groups in total. The lowest BCUT2D eigenvalue weighted by Gasteiger charge is -2.20. The molecular weight excluding hydrogens is 348 g/mol. The van der Waals surface area contributed by atoms with Crippen LogP contribution in [0.2, 0.25) is 0 Å². The van der Waals surface area contributed by atoms with Crippen molar-refractivity contribution >= 4 is 22.1 Å². The molecule has 25 heavy (non-hydrogen) atoms. The molecule has 1 amide bonds. The van der Waals surface area contributed by atoms with Gasteiger partial charge < -0.3 is 14.2 Å². The number of hydrogen-bond donors (Lipinski definition) is 2. The lowest BCUT2D eigenvalue weighted by Crippen LogP contribution is -2.19. The summed E-state index contributed by atoms with van der Waals surface area (Å²) in [6.07, 6.45) is 2.67. The van der Waals surface area contributed by atoms with E-state index in [4.69, 9.17) is 14.2 Å². The Kier molecular flexibility index (Phi) is 4.48. The number of carbonyl (C=O) groups excluding carboxylic acids is 1. The summed E-state index contributed by atoms with van der Waals surface area (Å²) in [6.45, 7) is 0. The standard InChI is InChI=1S/C16H14N2O6S/c1-25(20,21)18-12-7-14-15(24-16(9-22-14)17-10-19)8-13(12)23-11-5-3-2-4-6-11/h2-10,18H,1H3,(H,17,19). The lowest BCUT2D eigenvalue weighted by molar-refractivity contribution is -0.109. The minimum Gasteiger partial charge on any atom is -0.455 e. The number of nitrogens with one attached hydrogen (secondary N) is 2. The van der Waals surface area contributed by atoms with Gasteiger partial charge in [-0.15, -0.1) is 0 Å². The van der Waals surface area contributed by atoms with Gasteiger partial charge in [0.25, 0.3) is 0 Å². The van der Waals surface area contributed by atoms with Crippen molar-refractivity contribution in [1.82, 2.24) is 5.32 Å². The third kappa shape index (κ3) is 4.21. The number of para-hydroxylation sites is 1. The predicted molar refractivity (Wildman–Crippen MR) is 90.0 cm³/mol. The van der Waals surface area contributed by atoms with E-state index in [1.54, 1.807) is 24.3 Å². The quantitative estimate of drug-likeness (QED) is 0.764. The molecule has 2 aromatic carbocycles. The first-order valence-corrected chi connectivity index (χ1v) is 8.97. The van der Waals surface area contributed by atoms with E-state index in [0.29, 0.717) is 12.2 Å². The largest absolute Gasteiger partial charge is 0.455 e. The Bertz CT molecular complexity index is 925. The van der Waals surface area contributed by atoms with Crippen LogP contribution in [0, 0.1) is 0 Å². The zero-order valence-corrected chi connectivity index (χ0v) is 13.9. The molecule has 0 radical (unpaired) electrons. The fraction of sp³-hybridized carbons (Fsp3) is 0.0625. The summed E-state index contributed by atoms with van der Waals surface area (Å²) in [7, 11) is -3.54. The molecule has 1 heterocycles. The van der Waals surface area contributed by atoms with E-state index >= 15 is 0 Å². The van der Waals surface area contributed by atoms with Crippen molar-refractivity contribution in [2.45, 2.75) is 0 Å². The molecule has 0 saturated carbocycles. The van der Waals surface area contributed by atoms with Crippen molar-refractivity contribution in [3.05, 3.63) is 54.6 Å². The number of carbonyl (C=O) groups is 1. The summed E-state index contributed by atoms with van der Waals surface area (Å²) in [5.74, 6) is 1.35. The summed E-state index contributed by atoms with van der Waals surface area (Å²) >= 11 is 0. The Morgan fingerprint density at radius 3 is 2.56 bits per heavy atom. The number of anilines is 1. The topological polar surface area (TPSA) is 103 Å². The first kappa shape index (κ1) is 16.7. The van der Waals surface area contributed by atoms with Gasteiger partial charge in [0, 0.05) is 12.1 Å². The first-order chi connectivity index (χ1) is 11.9. The Balaban J connectivity index is 1.99. The van der Waals surface area contributed by atoms with Gasteiger partial charge in [-0.05, 0) is 12.1 Å². The van der Waals surface area contributed by atoms with E-state index in [0.717, 1.165) is 6.26 Å². The van der Waals surface area contributed by atoms with Crippen molar-refractivity contribution in [2.75, 3.05) is 11.0 Å². The molecule has 0 saturated heterocycles. The third-order valence-corrected chi connectivity index (χ3v) is 3.62. The second-order valence-electron chi connectivity index (χ2n) is 5.05. The smallest absolute Gasteiger partial charge is 0.235 e. The Labute approximate surface area is 144 Å². The molecule has 0 fully saturated rings. The van der Waals surface area contributed by atoms with Crippen LogP contribution in [0.5, 0.6) is 23.0 Å². The van der Waals surface area contributed by atoms with Crippen LogP contribution in [0.1, 0.15) is 0 Å². The normalized spacial score (nSPS) is 12.8. The van der Waals surface area contributed by atoms with E-state index in [1.165, 1.54) is 18.4 Å². The number of amides is 1. The molecule has 8 nitrogen and oxygen atoms in total. The van der Waals surface area contributed by atoms with Crippen LogP contribution in [0.3, 0.4) is 0 Å². The number of hydrogen-bond acceptors (Lipinski definition) is 6. The van der Waals surface area contributed by atoms with Gasteiger partial charge in [-0.25, -0.2) is 8.42 Å². The molecule has 2 aromatic rings. The monoisotopic (exact) mass is 362 g/mol. The Hall–Kier alpha value is -3.20. The van der Waals surface area contributed by atoms with Crippen LogP contribution < -0.4 is 24.2 Å². The van der Waals surface area contributed by atoms with E-state index < -0.39 is 10.0 Å². The fourth-order valence-electron chi connectivity index (χ4n) is 2.07. The van der Waals surface area contributed by atoms with Crippen LogP contribution in [0.25, 0.3) is 0 Å². The van der Waals surface area contributed by atoms with E-state index in [-0.39, 0.29) is 28.8 Å². The van der Waals surface area contributed by atoms with Gasteiger partial charge in [0.05, 0.1) is 11.9 Å². The molecule has 0 aliphatic carbocycles. The average molecular weight is 362 g/mol. The van der Waals surface area contributed by atoms with E-state index in [1.807, 2.05) is 6.07 Å². The molecule has 3 rings (SSSR count). The van der Waals surface area contributed by atoms with Crippen molar-refractivity contribution in [3.8, 4) is 23.0 Å². The van der Waals surface area contributed by atoms with E-state index in [2.05, 4.69) is 10.0 Å². The van der Waals surface area contributed by atoms with Crippen molar-refractivity contribution in [2.24, 2.45) is 0 Å². The number of sulfonamides is 1. The lowest BCUT2D eigenvalue weighted by atomic mass is 10.2. The van der Waals surface area contributed by atoms with Gasteiger partial charge in [-0.2, -0.15) is 0 Å². The van der Waals surface area contributed by atoms with Crippen molar-refractivity contribution in [1.29, 1.82) is 0 Å². The average Bonchev–Trinajstić information content (AvgIpc) is 2.55. The molecule has 0 aromatic heterocycles. The van der Waals surface area contributed by atoms with Gasteiger partial charge in [-0.1, -0.05) is 18.2 Å². The first-order valence-electron chi connectivity index (χ1n) is 7.08. The van der Waals surface area contributed by atoms with Crippen molar-refractivity contribution in [3.63, 3.8) is 0 Å². The zero-order chi connectivity index (χ0) is 17.9. The molecule has 9 heteroatoms. The Morgan fingerprint density at radius 2 is 1.88 bits per heavy atom. The highest BCUT2D eigenvalue weighted by Crippen LogP contribution is 2.42. The maximum Gasteiger partial charge on any atom is 0.235 e. The Morgan fingerprint density at radius 1 is 1.12 bits per heavy atom. The molecule has 130 valence electrons. The number of benzene rings is 2. The summed E-state index contributed by atoms with van der Waals surface area (Å²) < 4.78 is 42.2. The summed E-state index contributed by atoms with van der Waals surface area (Å²) in [6, 6.07) is 11.7. The third-order valence-electron chi connectivity index (χ3n) is 3.03. The van der Waals surface area contributed by atoms with E-state index in [9.17, 15) is 13.2 Å². The second-order valence-corrected chi connectivity index (χ2v) is 6.80. The molecule has 0 bridgehead atoms. The van der Waals surface area contributed by atoms with Gasteiger partial charge >= 0.3 is 0 Å². The van der Waals surface area contributed by atoms with Crippen LogP contribution in [-0.4, -0.2) is 21.1 Å². The van der Waals surface area contributed by atoms with Gasteiger partial charge in [0.1, 0.15) is 5.75 Å². The molecule has 0 spiro atoms. The van der Waals surface area contributed by atoms with Gasteiger partial charge in [0.15, 0.2) is 23.5 Å². The summed E-state index contributed by atoms with van der Waals surface area (Å²) in [4.78, 5) is 10.5. The minimum atomic E-state index is -3.54. The SMILES string of the molecule is CS(=O)(=O)Nc1cc2c(cc1Oc1ccccc1)OC(NC=O)=CO2. The minimum absolute atomic E-state index is 0.0944.